The summed E-state index contributed by atoms with van der Waals surface area (Å²) >= 11 is 0. The van der Waals surface area contributed by atoms with E-state index in [0.717, 1.165) is 71.6 Å². The number of aromatic nitrogens is 2. The molecule has 1 fully saturated rings. The van der Waals surface area contributed by atoms with Gasteiger partial charge in [-0.2, -0.15) is 0 Å². The molecule has 7 rings (SSSR count). The number of H-pyrrole nitrogens is 1. The van der Waals surface area contributed by atoms with Gasteiger partial charge >= 0.3 is 0 Å². The van der Waals surface area contributed by atoms with Gasteiger partial charge in [-0.1, -0.05) is 12.1 Å². The molecule has 2 N–H and O–H groups in total. The molecule has 2 aromatic heterocycles. The third-order valence-corrected chi connectivity index (χ3v) is 8.35. The van der Waals surface area contributed by atoms with Crippen molar-refractivity contribution in [3.63, 3.8) is 0 Å². The van der Waals surface area contributed by atoms with Crippen LogP contribution in [0.2, 0.25) is 0 Å². The van der Waals surface area contributed by atoms with E-state index in [-0.39, 0.29) is 11.1 Å². The number of piperazine rings is 1. The molecule has 0 radical (unpaired) electrons. The van der Waals surface area contributed by atoms with Crippen molar-refractivity contribution in [1.29, 1.82) is 0 Å². The van der Waals surface area contributed by atoms with Crippen LogP contribution in [0.3, 0.4) is 0 Å². The van der Waals surface area contributed by atoms with Gasteiger partial charge in [-0.05, 0) is 72.5 Å². The van der Waals surface area contributed by atoms with Gasteiger partial charge in [0.15, 0.2) is 0 Å². The monoisotopic (exact) mass is 505 g/mol. The normalized spacial score (nSPS) is 21.7. The minimum absolute atomic E-state index is 0.0573. The van der Waals surface area contributed by atoms with Crippen LogP contribution in [-0.4, -0.2) is 63.9 Å². The fourth-order valence-corrected chi connectivity index (χ4v) is 5.96. The van der Waals surface area contributed by atoms with Crippen LogP contribution in [0.15, 0.2) is 76.9 Å². The van der Waals surface area contributed by atoms with Gasteiger partial charge in [0.25, 0.3) is 5.56 Å². The number of nitrogens with one attached hydrogen (secondary N) is 2. The average molecular weight is 506 g/mol. The lowest BCUT2D eigenvalue weighted by Crippen LogP contribution is -2.52. The molecule has 0 bridgehead atoms. The van der Waals surface area contributed by atoms with E-state index >= 15 is 0 Å². The Bertz CT molecular complexity index is 1670. The molecule has 1 saturated heterocycles. The Morgan fingerprint density at radius 2 is 1.89 bits per heavy atom. The SMILES string of the molecule is CN1CCN(Cc2ccc3c(=O)[nH]c4cc5c(cc4c3c2)CN2C(=NC=CC2(C)c2cccnc2)N5)CC1. The Morgan fingerprint density at radius 3 is 2.71 bits per heavy atom. The van der Waals surface area contributed by atoms with E-state index in [1.165, 1.54) is 11.1 Å². The Labute approximate surface area is 221 Å². The predicted molar refractivity (Wildman–Crippen MR) is 152 cm³/mol. The van der Waals surface area contributed by atoms with Crippen molar-refractivity contribution in [2.45, 2.75) is 25.6 Å². The molecule has 5 heterocycles. The Kier molecular flexibility index (Phi) is 5.35. The van der Waals surface area contributed by atoms with Gasteiger partial charge in [-0.15, -0.1) is 0 Å². The molecule has 0 amide bonds. The summed E-state index contributed by atoms with van der Waals surface area (Å²) in [5, 5.41) is 6.32. The number of benzene rings is 2. The van der Waals surface area contributed by atoms with Crippen LogP contribution in [0.5, 0.6) is 0 Å². The van der Waals surface area contributed by atoms with E-state index in [2.05, 4.69) is 85.4 Å². The second-order valence-corrected chi connectivity index (χ2v) is 10.8. The standard InChI is InChI=1S/C30H31N7O/c1-30(22-4-3-8-31-17-22)7-9-32-29-34-26-16-27-25(15-21(26)19-37(29)30)24-14-20(5-6-23(24)28(38)33-27)18-36-12-10-35(2)11-13-36/h3-9,14-17H,10-13,18-19H2,1-2H3,(H,32,34)(H,33,38). The number of hydrogen-bond donors (Lipinski definition) is 2. The highest BCUT2D eigenvalue weighted by Gasteiger charge is 2.38. The van der Waals surface area contributed by atoms with E-state index in [1.54, 1.807) is 6.20 Å². The number of fused-ring (bicyclic) bond motifs is 5. The predicted octanol–water partition coefficient (Wildman–Crippen LogP) is 3.85. The lowest BCUT2D eigenvalue weighted by atomic mass is 9.89. The van der Waals surface area contributed by atoms with Gasteiger partial charge in [0.2, 0.25) is 5.96 Å². The van der Waals surface area contributed by atoms with Gasteiger partial charge in [0, 0.05) is 74.3 Å². The second kappa shape index (κ2) is 8.79. The maximum atomic E-state index is 13.0. The summed E-state index contributed by atoms with van der Waals surface area (Å²) in [6, 6.07) is 14.7. The zero-order valence-corrected chi connectivity index (χ0v) is 21.7. The van der Waals surface area contributed by atoms with Gasteiger partial charge in [0.1, 0.15) is 0 Å². The van der Waals surface area contributed by atoms with E-state index in [0.29, 0.717) is 6.54 Å². The van der Waals surface area contributed by atoms with Crippen molar-refractivity contribution in [2.24, 2.45) is 4.99 Å². The number of pyridine rings is 2. The first-order chi connectivity index (χ1) is 18.5. The fraction of sp³-hybridized carbons (Fsp3) is 0.300. The molecule has 8 nitrogen and oxygen atoms in total. The van der Waals surface area contributed by atoms with Crippen molar-refractivity contribution < 1.29 is 0 Å². The van der Waals surface area contributed by atoms with E-state index in [9.17, 15) is 4.79 Å². The number of likely N-dealkylation sites (N-methyl/N-ethyl adjacent to an activating group) is 1. The molecule has 0 spiro atoms. The fourth-order valence-electron chi connectivity index (χ4n) is 5.96. The van der Waals surface area contributed by atoms with Crippen molar-refractivity contribution in [3.05, 3.63) is 94.2 Å². The summed E-state index contributed by atoms with van der Waals surface area (Å²) in [6.45, 7) is 8.08. The van der Waals surface area contributed by atoms with Gasteiger partial charge in [-0.25, -0.2) is 4.99 Å². The zero-order valence-electron chi connectivity index (χ0n) is 21.7. The first kappa shape index (κ1) is 23.1. The van der Waals surface area contributed by atoms with Crippen LogP contribution in [-0.2, 0) is 18.6 Å². The molecule has 3 aliphatic rings. The number of guanidine groups is 1. The summed E-state index contributed by atoms with van der Waals surface area (Å²) < 4.78 is 0. The molecule has 8 heteroatoms. The third-order valence-electron chi connectivity index (χ3n) is 8.35. The van der Waals surface area contributed by atoms with Crippen molar-refractivity contribution in [2.75, 3.05) is 38.5 Å². The lowest BCUT2D eigenvalue weighted by molar-refractivity contribution is 0.148. The number of aromatic amines is 1. The highest BCUT2D eigenvalue weighted by Crippen LogP contribution is 2.39. The molecular formula is C30H31N7O. The van der Waals surface area contributed by atoms with Crippen molar-refractivity contribution >= 4 is 33.3 Å². The molecule has 1 unspecified atom stereocenters. The summed E-state index contributed by atoms with van der Waals surface area (Å²) in [6.07, 6.45) is 7.70. The van der Waals surface area contributed by atoms with Crippen molar-refractivity contribution in [3.8, 4) is 0 Å². The molecule has 0 aliphatic carbocycles. The molecule has 192 valence electrons. The molecule has 2 aromatic carbocycles. The second-order valence-electron chi connectivity index (χ2n) is 10.8. The minimum atomic E-state index is -0.381. The van der Waals surface area contributed by atoms with Crippen LogP contribution in [0.25, 0.3) is 21.7 Å². The van der Waals surface area contributed by atoms with E-state index < -0.39 is 0 Å². The molecule has 1 atom stereocenters. The highest BCUT2D eigenvalue weighted by molar-refractivity contribution is 6.08. The van der Waals surface area contributed by atoms with Crippen LogP contribution in [0, 0.1) is 0 Å². The molecule has 0 saturated carbocycles. The summed E-state index contributed by atoms with van der Waals surface area (Å²) in [4.78, 5) is 32.3. The van der Waals surface area contributed by atoms with E-state index in [4.69, 9.17) is 0 Å². The van der Waals surface area contributed by atoms with Crippen LogP contribution in [0.4, 0.5) is 5.69 Å². The van der Waals surface area contributed by atoms with Crippen LogP contribution in [0.1, 0.15) is 23.6 Å². The highest BCUT2D eigenvalue weighted by atomic mass is 16.1. The summed E-state index contributed by atoms with van der Waals surface area (Å²) in [7, 11) is 2.18. The van der Waals surface area contributed by atoms with Crippen LogP contribution < -0.4 is 10.9 Å². The lowest BCUT2D eigenvalue weighted by Gasteiger charge is -2.45. The Morgan fingerprint density at radius 1 is 1.03 bits per heavy atom. The Balaban J connectivity index is 1.30. The number of nitrogens with zero attached hydrogens (tertiary/aromatic N) is 5. The maximum Gasteiger partial charge on any atom is 0.256 e. The minimum Gasteiger partial charge on any atom is -0.325 e. The molecule has 4 aromatic rings. The largest absolute Gasteiger partial charge is 0.325 e. The van der Waals surface area contributed by atoms with Gasteiger partial charge in [0.05, 0.1) is 11.1 Å². The third kappa shape index (κ3) is 3.79. The van der Waals surface area contributed by atoms with E-state index in [1.807, 2.05) is 24.5 Å². The number of anilines is 1. The van der Waals surface area contributed by atoms with Crippen molar-refractivity contribution in [1.82, 2.24) is 24.7 Å². The molecule has 38 heavy (non-hydrogen) atoms. The topological polar surface area (TPSA) is 79.9 Å². The number of rotatable bonds is 3. The average Bonchev–Trinajstić information content (AvgIpc) is 2.93. The van der Waals surface area contributed by atoms with Gasteiger partial charge in [-0.3, -0.25) is 14.7 Å². The summed E-state index contributed by atoms with van der Waals surface area (Å²) in [5.74, 6) is 0.795. The number of aliphatic imine (C=N–C) groups is 1. The first-order valence-corrected chi connectivity index (χ1v) is 13.2. The van der Waals surface area contributed by atoms with Crippen LogP contribution >= 0.6 is 0 Å². The zero-order chi connectivity index (χ0) is 25.9. The molecule has 3 aliphatic heterocycles. The first-order valence-electron chi connectivity index (χ1n) is 13.2. The Hall–Kier alpha value is -4.01. The molecular weight excluding hydrogens is 474 g/mol. The summed E-state index contributed by atoms with van der Waals surface area (Å²) in [5.41, 5.74) is 4.88. The smallest absolute Gasteiger partial charge is 0.256 e. The van der Waals surface area contributed by atoms with Gasteiger partial charge < -0.3 is 20.1 Å². The maximum absolute atomic E-state index is 13.0. The number of hydrogen-bond acceptors (Lipinski definition) is 7. The quantitative estimate of drug-likeness (QED) is 0.412.